The zero-order valence-corrected chi connectivity index (χ0v) is 15.4. The molecule has 26 heavy (non-hydrogen) atoms. The second kappa shape index (κ2) is 7.29. The molecule has 4 rings (SSSR count). The predicted octanol–water partition coefficient (Wildman–Crippen LogP) is 3.32. The Morgan fingerprint density at radius 1 is 1.23 bits per heavy atom. The molecule has 3 aromatic rings. The molecule has 0 bridgehead atoms. The molecule has 1 saturated heterocycles. The largest absolute Gasteiger partial charge is 0.489 e. The maximum atomic E-state index is 12.9. The van der Waals surface area contributed by atoms with Gasteiger partial charge in [-0.25, -0.2) is 4.98 Å². The molecule has 0 saturated carbocycles. The number of hydrogen-bond acceptors (Lipinski definition) is 5. The molecule has 0 unspecified atom stereocenters. The van der Waals surface area contributed by atoms with Gasteiger partial charge >= 0.3 is 0 Å². The van der Waals surface area contributed by atoms with Crippen LogP contribution in [0.3, 0.4) is 0 Å². The summed E-state index contributed by atoms with van der Waals surface area (Å²) in [6.45, 7) is 3.29. The van der Waals surface area contributed by atoms with Crippen molar-refractivity contribution in [2.24, 2.45) is 0 Å². The van der Waals surface area contributed by atoms with E-state index in [0.29, 0.717) is 13.1 Å². The van der Waals surface area contributed by atoms with Crippen molar-refractivity contribution >= 4 is 17.2 Å². The van der Waals surface area contributed by atoms with E-state index < -0.39 is 0 Å². The molecule has 134 valence electrons. The summed E-state index contributed by atoms with van der Waals surface area (Å²) in [6.07, 6.45) is 9.10. The first-order valence-electron chi connectivity index (χ1n) is 8.67. The van der Waals surface area contributed by atoms with E-state index in [9.17, 15) is 4.79 Å². The Kier molecular flexibility index (Phi) is 4.71. The summed E-state index contributed by atoms with van der Waals surface area (Å²) in [5, 5.41) is 0.825. The van der Waals surface area contributed by atoms with Gasteiger partial charge in [-0.1, -0.05) is 11.3 Å². The molecule has 7 heteroatoms. The quantitative estimate of drug-likeness (QED) is 0.709. The first-order valence-corrected chi connectivity index (χ1v) is 9.49. The number of likely N-dealkylation sites (tertiary alicyclic amines) is 1. The maximum Gasteiger partial charge on any atom is 0.265 e. The Hall–Kier alpha value is -2.67. The van der Waals surface area contributed by atoms with Crippen molar-refractivity contribution in [3.63, 3.8) is 0 Å². The molecule has 0 N–H and O–H groups in total. The molecule has 4 heterocycles. The number of aryl methyl sites for hydroxylation is 1. The smallest absolute Gasteiger partial charge is 0.265 e. The van der Waals surface area contributed by atoms with Crippen LogP contribution in [-0.2, 0) is 0 Å². The number of aromatic nitrogens is 3. The van der Waals surface area contributed by atoms with E-state index >= 15 is 0 Å². The minimum Gasteiger partial charge on any atom is -0.489 e. The molecule has 0 aromatic carbocycles. The van der Waals surface area contributed by atoms with Gasteiger partial charge in [-0.05, 0) is 31.2 Å². The van der Waals surface area contributed by atoms with Crippen LogP contribution in [0.5, 0.6) is 5.75 Å². The summed E-state index contributed by atoms with van der Waals surface area (Å²) < 4.78 is 7.89. The van der Waals surface area contributed by atoms with Crippen molar-refractivity contribution in [3.05, 3.63) is 59.6 Å². The van der Waals surface area contributed by atoms with Crippen molar-refractivity contribution in [2.45, 2.75) is 25.9 Å². The van der Waals surface area contributed by atoms with E-state index in [1.54, 1.807) is 12.4 Å². The molecule has 0 spiro atoms. The first-order chi connectivity index (χ1) is 12.7. The van der Waals surface area contributed by atoms with Crippen molar-refractivity contribution in [1.82, 2.24) is 19.4 Å². The van der Waals surface area contributed by atoms with E-state index in [-0.39, 0.29) is 12.0 Å². The molecule has 1 aliphatic rings. The van der Waals surface area contributed by atoms with Crippen LogP contribution in [0.2, 0.25) is 0 Å². The van der Waals surface area contributed by atoms with E-state index in [1.165, 1.54) is 11.3 Å². The summed E-state index contributed by atoms with van der Waals surface area (Å²) >= 11 is 1.44. The van der Waals surface area contributed by atoms with Crippen LogP contribution < -0.4 is 4.74 Å². The molecule has 1 amide bonds. The van der Waals surface area contributed by atoms with Gasteiger partial charge in [0.05, 0.1) is 11.9 Å². The summed E-state index contributed by atoms with van der Waals surface area (Å²) in [5.41, 5.74) is 0.789. The number of carbonyl (C=O) groups excluding carboxylic acids is 1. The molecule has 0 aliphatic carbocycles. The third kappa shape index (κ3) is 3.48. The number of amides is 1. The molecule has 1 fully saturated rings. The summed E-state index contributed by atoms with van der Waals surface area (Å²) in [7, 11) is 0. The average molecular weight is 368 g/mol. The highest BCUT2D eigenvalue weighted by Gasteiger charge is 2.27. The van der Waals surface area contributed by atoms with E-state index in [0.717, 1.165) is 34.3 Å². The molecule has 3 aromatic heterocycles. The van der Waals surface area contributed by atoms with Crippen LogP contribution in [0.4, 0.5) is 0 Å². The highest BCUT2D eigenvalue weighted by molar-refractivity contribution is 7.16. The van der Waals surface area contributed by atoms with Crippen molar-refractivity contribution < 1.29 is 9.53 Å². The standard InChI is InChI=1S/C19H20N4O2S/c1-14-17(26-19(21-14)23-9-2-3-10-23)18(24)22-11-6-15(7-12-22)25-16-5-4-8-20-13-16/h2-5,8-10,13,15H,6-7,11-12H2,1H3. The number of piperidine rings is 1. The van der Waals surface area contributed by atoms with Crippen LogP contribution in [0.25, 0.3) is 5.13 Å². The minimum absolute atomic E-state index is 0.0678. The predicted molar refractivity (Wildman–Crippen MR) is 100.0 cm³/mol. The van der Waals surface area contributed by atoms with Crippen LogP contribution in [0.15, 0.2) is 49.1 Å². The molecule has 1 aliphatic heterocycles. The SMILES string of the molecule is Cc1nc(-n2cccc2)sc1C(=O)N1CCC(Oc2cccnc2)CC1. The third-order valence-corrected chi connectivity index (χ3v) is 5.63. The Bertz CT molecular complexity index is 868. The lowest BCUT2D eigenvalue weighted by molar-refractivity contribution is 0.0598. The monoisotopic (exact) mass is 368 g/mol. The van der Waals surface area contributed by atoms with Gasteiger partial charge in [-0.15, -0.1) is 0 Å². The van der Waals surface area contributed by atoms with Gasteiger partial charge in [0, 0.05) is 44.5 Å². The highest BCUT2D eigenvalue weighted by atomic mass is 32.1. The number of rotatable bonds is 4. The average Bonchev–Trinajstić information content (AvgIpc) is 3.32. The number of carbonyl (C=O) groups is 1. The summed E-state index contributed by atoms with van der Waals surface area (Å²) in [4.78, 5) is 24.1. The maximum absolute atomic E-state index is 12.9. The highest BCUT2D eigenvalue weighted by Crippen LogP contribution is 2.25. The van der Waals surface area contributed by atoms with Crippen molar-refractivity contribution in [1.29, 1.82) is 0 Å². The van der Waals surface area contributed by atoms with Gasteiger partial charge in [0.15, 0.2) is 5.13 Å². The number of nitrogens with zero attached hydrogens (tertiary/aromatic N) is 4. The number of thiazole rings is 1. The van der Waals surface area contributed by atoms with Gasteiger partial charge in [0.25, 0.3) is 5.91 Å². The van der Waals surface area contributed by atoms with Gasteiger partial charge in [0.2, 0.25) is 0 Å². The van der Waals surface area contributed by atoms with Gasteiger partial charge in [0.1, 0.15) is 16.7 Å². The fourth-order valence-electron chi connectivity index (χ4n) is 3.08. The van der Waals surface area contributed by atoms with E-state index in [4.69, 9.17) is 4.74 Å². The molecular formula is C19H20N4O2S. The molecule has 0 radical (unpaired) electrons. The third-order valence-electron chi connectivity index (χ3n) is 4.47. The van der Waals surface area contributed by atoms with E-state index in [2.05, 4.69) is 9.97 Å². The number of pyridine rings is 1. The zero-order chi connectivity index (χ0) is 17.9. The minimum atomic E-state index is 0.0678. The van der Waals surface area contributed by atoms with Gasteiger partial charge in [-0.2, -0.15) is 0 Å². The number of hydrogen-bond donors (Lipinski definition) is 0. The lowest BCUT2D eigenvalue weighted by atomic mass is 10.1. The Morgan fingerprint density at radius 3 is 2.69 bits per heavy atom. The molecule has 0 atom stereocenters. The molecular weight excluding hydrogens is 348 g/mol. The van der Waals surface area contributed by atoms with E-state index in [1.807, 2.05) is 53.0 Å². The fraction of sp³-hybridized carbons (Fsp3) is 0.316. The lowest BCUT2D eigenvalue weighted by Crippen LogP contribution is -2.41. The van der Waals surface area contributed by atoms with Crippen LogP contribution >= 0.6 is 11.3 Å². The zero-order valence-electron chi connectivity index (χ0n) is 14.5. The summed E-state index contributed by atoms with van der Waals surface area (Å²) in [5.74, 6) is 0.852. The fourth-order valence-corrected chi connectivity index (χ4v) is 4.08. The van der Waals surface area contributed by atoms with Crippen LogP contribution in [0.1, 0.15) is 28.2 Å². The normalized spacial score (nSPS) is 15.2. The lowest BCUT2D eigenvalue weighted by Gasteiger charge is -2.31. The second-order valence-electron chi connectivity index (χ2n) is 6.30. The molecule has 6 nitrogen and oxygen atoms in total. The Balaban J connectivity index is 1.39. The van der Waals surface area contributed by atoms with Gasteiger partial charge < -0.3 is 14.2 Å². The van der Waals surface area contributed by atoms with Gasteiger partial charge in [-0.3, -0.25) is 9.78 Å². The van der Waals surface area contributed by atoms with Crippen LogP contribution in [0, 0.1) is 6.92 Å². The van der Waals surface area contributed by atoms with Crippen LogP contribution in [-0.4, -0.2) is 44.5 Å². The van der Waals surface area contributed by atoms with Crippen molar-refractivity contribution in [2.75, 3.05) is 13.1 Å². The number of ether oxygens (including phenoxy) is 1. The Morgan fingerprint density at radius 2 is 2.00 bits per heavy atom. The Labute approximate surface area is 156 Å². The second-order valence-corrected chi connectivity index (χ2v) is 7.28. The topological polar surface area (TPSA) is 60.2 Å². The summed E-state index contributed by atoms with van der Waals surface area (Å²) in [6, 6.07) is 7.67. The first kappa shape index (κ1) is 16.8. The van der Waals surface area contributed by atoms with Crippen molar-refractivity contribution in [3.8, 4) is 10.9 Å².